The summed E-state index contributed by atoms with van der Waals surface area (Å²) in [6, 6.07) is 12.2. The number of pyridine rings is 1. The van der Waals surface area contributed by atoms with E-state index in [1.54, 1.807) is 0 Å². The first-order valence-corrected chi connectivity index (χ1v) is 6.50. The Kier molecular flexibility index (Phi) is 4.53. The molecular weight excluding hydrogens is 224 g/mol. The molecule has 2 aromatic rings. The Bertz CT molecular complexity index is 499. The van der Waals surface area contributed by atoms with Gasteiger partial charge in [-0.2, -0.15) is 0 Å². The number of benzene rings is 1. The lowest BCUT2D eigenvalue weighted by Gasteiger charge is -2.09. The van der Waals surface area contributed by atoms with Crippen molar-refractivity contribution in [3.63, 3.8) is 0 Å². The Morgan fingerprint density at radius 2 is 2.06 bits per heavy atom. The van der Waals surface area contributed by atoms with Gasteiger partial charge in [-0.25, -0.2) is 4.98 Å². The van der Waals surface area contributed by atoms with E-state index < -0.39 is 0 Å². The highest BCUT2D eigenvalue weighted by atomic mass is 16.3. The molecule has 96 valence electrons. The maximum Gasteiger partial charge on any atom is 0.126 e. The molecule has 3 nitrogen and oxygen atoms in total. The summed E-state index contributed by atoms with van der Waals surface area (Å²) in [5.74, 6) is 1.31. The van der Waals surface area contributed by atoms with E-state index in [1.165, 1.54) is 0 Å². The summed E-state index contributed by atoms with van der Waals surface area (Å²) in [7, 11) is 0. The van der Waals surface area contributed by atoms with Gasteiger partial charge in [0.1, 0.15) is 5.82 Å². The molecule has 0 aliphatic heterocycles. The van der Waals surface area contributed by atoms with E-state index in [0.29, 0.717) is 5.92 Å². The molecule has 0 saturated heterocycles. The molecule has 18 heavy (non-hydrogen) atoms. The van der Waals surface area contributed by atoms with Gasteiger partial charge in [-0.15, -0.1) is 0 Å². The molecule has 0 radical (unpaired) electrons. The zero-order valence-corrected chi connectivity index (χ0v) is 10.8. The van der Waals surface area contributed by atoms with Crippen LogP contribution in [0.1, 0.15) is 19.8 Å². The quantitative estimate of drug-likeness (QED) is 0.768. The summed E-state index contributed by atoms with van der Waals surface area (Å²) in [6.45, 7) is 3.23. The normalized spacial score (nSPS) is 12.6. The van der Waals surface area contributed by atoms with Crippen molar-refractivity contribution >= 4 is 16.7 Å². The SMILES string of the molecule is CC(CO)CCCNc1ccc2ccccc2n1. The number of nitrogens with one attached hydrogen (secondary N) is 1. The number of hydrogen-bond donors (Lipinski definition) is 2. The number of nitrogens with zero attached hydrogens (tertiary/aromatic N) is 1. The van der Waals surface area contributed by atoms with Crippen LogP contribution in [0.5, 0.6) is 0 Å². The fraction of sp³-hybridized carbons (Fsp3) is 0.400. The minimum absolute atomic E-state index is 0.272. The van der Waals surface area contributed by atoms with Crippen LogP contribution in [0.3, 0.4) is 0 Å². The Labute approximate surface area is 108 Å². The molecule has 0 amide bonds. The number of hydrogen-bond acceptors (Lipinski definition) is 3. The molecule has 1 aromatic carbocycles. The monoisotopic (exact) mass is 244 g/mol. The molecule has 0 spiro atoms. The van der Waals surface area contributed by atoms with Crippen LogP contribution in [0, 0.1) is 5.92 Å². The summed E-state index contributed by atoms with van der Waals surface area (Å²) in [6.07, 6.45) is 2.09. The van der Waals surface area contributed by atoms with Gasteiger partial charge in [-0.1, -0.05) is 25.1 Å². The zero-order valence-electron chi connectivity index (χ0n) is 10.8. The van der Waals surface area contributed by atoms with Crippen molar-refractivity contribution in [2.45, 2.75) is 19.8 Å². The van der Waals surface area contributed by atoms with Crippen molar-refractivity contribution in [1.29, 1.82) is 0 Å². The third-order valence-electron chi connectivity index (χ3n) is 3.09. The number of fused-ring (bicyclic) bond motifs is 1. The summed E-state index contributed by atoms with van der Waals surface area (Å²) >= 11 is 0. The Balaban J connectivity index is 1.88. The third-order valence-corrected chi connectivity index (χ3v) is 3.09. The van der Waals surface area contributed by atoms with Crippen molar-refractivity contribution in [3.05, 3.63) is 36.4 Å². The van der Waals surface area contributed by atoms with Crippen molar-refractivity contribution in [1.82, 2.24) is 4.98 Å². The van der Waals surface area contributed by atoms with E-state index in [4.69, 9.17) is 5.11 Å². The van der Waals surface area contributed by atoms with Crippen molar-refractivity contribution in [2.75, 3.05) is 18.5 Å². The van der Waals surface area contributed by atoms with Crippen molar-refractivity contribution in [3.8, 4) is 0 Å². The predicted molar refractivity (Wildman–Crippen MR) is 75.7 cm³/mol. The van der Waals surface area contributed by atoms with Gasteiger partial charge in [-0.05, 0) is 37.0 Å². The van der Waals surface area contributed by atoms with E-state index in [9.17, 15) is 0 Å². The molecule has 1 atom stereocenters. The van der Waals surface area contributed by atoms with Crippen LogP contribution in [-0.4, -0.2) is 23.2 Å². The number of rotatable bonds is 6. The Morgan fingerprint density at radius 3 is 2.89 bits per heavy atom. The molecule has 2 N–H and O–H groups in total. The number of aliphatic hydroxyl groups excluding tert-OH is 1. The highest BCUT2D eigenvalue weighted by molar-refractivity contribution is 5.79. The van der Waals surface area contributed by atoms with Crippen LogP contribution in [0.4, 0.5) is 5.82 Å². The van der Waals surface area contributed by atoms with Crippen LogP contribution in [0.15, 0.2) is 36.4 Å². The molecule has 3 heteroatoms. The summed E-state index contributed by atoms with van der Waals surface area (Å²) < 4.78 is 0. The second-order valence-corrected chi connectivity index (χ2v) is 4.75. The molecule has 0 saturated carbocycles. The van der Waals surface area contributed by atoms with Gasteiger partial charge in [0.25, 0.3) is 0 Å². The lowest BCUT2D eigenvalue weighted by molar-refractivity contribution is 0.229. The number of anilines is 1. The van der Waals surface area contributed by atoms with E-state index >= 15 is 0 Å². The van der Waals surface area contributed by atoms with Gasteiger partial charge >= 0.3 is 0 Å². The molecular formula is C15H20N2O. The third kappa shape index (κ3) is 3.44. The minimum Gasteiger partial charge on any atom is -0.396 e. The lowest BCUT2D eigenvalue weighted by atomic mass is 10.1. The van der Waals surface area contributed by atoms with Gasteiger partial charge in [-0.3, -0.25) is 0 Å². The standard InChI is InChI=1S/C15H20N2O/c1-12(11-18)5-4-10-16-15-9-8-13-6-2-3-7-14(13)17-15/h2-3,6-9,12,18H,4-5,10-11H2,1H3,(H,16,17). The van der Waals surface area contributed by atoms with Crippen molar-refractivity contribution < 1.29 is 5.11 Å². The van der Waals surface area contributed by atoms with Crippen LogP contribution in [-0.2, 0) is 0 Å². The number of para-hydroxylation sites is 1. The topological polar surface area (TPSA) is 45.1 Å². The molecule has 0 fully saturated rings. The first-order chi connectivity index (χ1) is 8.79. The van der Waals surface area contributed by atoms with Crippen LogP contribution in [0.25, 0.3) is 10.9 Å². The van der Waals surface area contributed by atoms with E-state index in [-0.39, 0.29) is 6.61 Å². The maximum atomic E-state index is 8.94. The molecule has 0 aliphatic carbocycles. The maximum absolute atomic E-state index is 8.94. The highest BCUT2D eigenvalue weighted by Gasteiger charge is 2.00. The highest BCUT2D eigenvalue weighted by Crippen LogP contribution is 2.14. The van der Waals surface area contributed by atoms with Gasteiger partial charge < -0.3 is 10.4 Å². The average Bonchev–Trinajstić information content (AvgIpc) is 2.43. The summed E-state index contributed by atoms with van der Waals surface area (Å²) in [5.41, 5.74) is 1.02. The first-order valence-electron chi connectivity index (χ1n) is 6.50. The van der Waals surface area contributed by atoms with Crippen LogP contribution in [0.2, 0.25) is 0 Å². The Morgan fingerprint density at radius 1 is 1.22 bits per heavy atom. The fourth-order valence-electron chi connectivity index (χ4n) is 1.92. The minimum atomic E-state index is 0.272. The largest absolute Gasteiger partial charge is 0.396 e. The average molecular weight is 244 g/mol. The van der Waals surface area contributed by atoms with Gasteiger partial charge in [0.15, 0.2) is 0 Å². The molecule has 1 aromatic heterocycles. The first kappa shape index (κ1) is 12.8. The van der Waals surface area contributed by atoms with Gasteiger partial charge in [0.05, 0.1) is 5.52 Å². The molecule has 2 rings (SSSR count). The van der Waals surface area contributed by atoms with E-state index in [2.05, 4.69) is 29.4 Å². The van der Waals surface area contributed by atoms with Crippen molar-refractivity contribution in [2.24, 2.45) is 5.92 Å². The lowest BCUT2D eigenvalue weighted by Crippen LogP contribution is -2.07. The zero-order chi connectivity index (χ0) is 12.8. The van der Waals surface area contributed by atoms with E-state index in [1.807, 2.05) is 24.3 Å². The second-order valence-electron chi connectivity index (χ2n) is 4.75. The van der Waals surface area contributed by atoms with Crippen LogP contribution >= 0.6 is 0 Å². The van der Waals surface area contributed by atoms with E-state index in [0.717, 1.165) is 36.1 Å². The van der Waals surface area contributed by atoms with Crippen LogP contribution < -0.4 is 5.32 Å². The summed E-state index contributed by atoms with van der Waals surface area (Å²) in [5, 5.41) is 13.4. The molecule has 0 aliphatic rings. The van der Waals surface area contributed by atoms with Gasteiger partial charge in [0, 0.05) is 18.5 Å². The molecule has 1 unspecified atom stereocenters. The van der Waals surface area contributed by atoms with Gasteiger partial charge in [0.2, 0.25) is 0 Å². The number of aliphatic hydroxyl groups is 1. The Hall–Kier alpha value is -1.61. The fourth-order valence-corrected chi connectivity index (χ4v) is 1.92. The smallest absolute Gasteiger partial charge is 0.126 e. The second kappa shape index (κ2) is 6.36. The number of aromatic nitrogens is 1. The summed E-state index contributed by atoms with van der Waals surface area (Å²) in [4.78, 5) is 4.55. The molecule has 1 heterocycles. The molecule has 0 bridgehead atoms. The predicted octanol–water partition coefficient (Wildman–Crippen LogP) is 3.06.